The first-order valence-corrected chi connectivity index (χ1v) is 7.32. The number of para-hydroxylation sites is 1. The molecule has 22 heavy (non-hydrogen) atoms. The molecule has 4 rings (SSSR count). The Bertz CT molecular complexity index is 554. The molecule has 1 aromatic rings. The van der Waals surface area contributed by atoms with Gasteiger partial charge in [-0.2, -0.15) is 13.2 Å². The summed E-state index contributed by atoms with van der Waals surface area (Å²) < 4.78 is 43.9. The van der Waals surface area contributed by atoms with E-state index in [1.54, 1.807) is 4.90 Å². The average molecular weight is 314 g/mol. The second-order valence-corrected chi connectivity index (χ2v) is 5.63. The summed E-state index contributed by atoms with van der Waals surface area (Å²) in [6.45, 7) is 3.09. The van der Waals surface area contributed by atoms with Gasteiger partial charge in [0.1, 0.15) is 5.75 Å². The van der Waals surface area contributed by atoms with E-state index in [9.17, 15) is 18.0 Å². The molecule has 3 fully saturated rings. The zero-order valence-corrected chi connectivity index (χ0v) is 12.0. The summed E-state index contributed by atoms with van der Waals surface area (Å²) in [6.07, 6.45) is -3.54. The molecule has 7 heteroatoms. The number of halogens is 3. The Kier molecular flexibility index (Phi) is 3.99. The Balaban J connectivity index is 1.77. The maximum absolute atomic E-state index is 12.9. The van der Waals surface area contributed by atoms with Gasteiger partial charge in [-0.15, -0.1) is 0 Å². The number of rotatable bonds is 1. The normalized spacial score (nSPS) is 25.0. The van der Waals surface area contributed by atoms with Crippen LogP contribution in [-0.4, -0.2) is 48.1 Å². The molecule has 3 heterocycles. The van der Waals surface area contributed by atoms with Gasteiger partial charge < -0.3 is 14.5 Å². The quantitative estimate of drug-likeness (QED) is 0.799. The van der Waals surface area contributed by atoms with Crippen LogP contribution in [0.5, 0.6) is 5.75 Å². The number of fused-ring (bicyclic) bond motifs is 4. The van der Waals surface area contributed by atoms with Crippen molar-refractivity contribution in [1.82, 2.24) is 9.80 Å². The minimum Gasteiger partial charge on any atom is -0.410 e. The second kappa shape index (κ2) is 5.79. The molecule has 2 bridgehead atoms. The van der Waals surface area contributed by atoms with Gasteiger partial charge in [0.25, 0.3) is 0 Å². The van der Waals surface area contributed by atoms with Crippen LogP contribution in [0.2, 0.25) is 0 Å². The highest BCUT2D eigenvalue weighted by Crippen LogP contribution is 2.36. The van der Waals surface area contributed by atoms with Gasteiger partial charge in [0.2, 0.25) is 0 Å². The van der Waals surface area contributed by atoms with E-state index in [0.29, 0.717) is 6.54 Å². The molecule has 4 nitrogen and oxygen atoms in total. The predicted octanol–water partition coefficient (Wildman–Crippen LogP) is 2.98. The molecule has 3 aliphatic heterocycles. The van der Waals surface area contributed by atoms with E-state index in [4.69, 9.17) is 4.74 Å². The van der Waals surface area contributed by atoms with Crippen molar-refractivity contribution < 1.29 is 22.7 Å². The molecule has 0 unspecified atom stereocenters. The average Bonchev–Trinajstić information content (AvgIpc) is 2.80. The lowest BCUT2D eigenvalue weighted by atomic mass is 10.1. The van der Waals surface area contributed by atoms with Crippen LogP contribution in [-0.2, 0) is 6.18 Å². The molecule has 1 aromatic carbocycles. The Morgan fingerprint density at radius 2 is 1.77 bits per heavy atom. The van der Waals surface area contributed by atoms with Crippen molar-refractivity contribution in [1.29, 1.82) is 0 Å². The zero-order valence-electron chi connectivity index (χ0n) is 12.0. The van der Waals surface area contributed by atoms with E-state index in [0.717, 1.165) is 38.5 Å². The summed E-state index contributed by atoms with van der Waals surface area (Å²) in [5.74, 6) is -0.431. The Labute approximate surface area is 126 Å². The highest BCUT2D eigenvalue weighted by Gasteiger charge is 2.37. The third-order valence-electron chi connectivity index (χ3n) is 4.28. The smallest absolute Gasteiger partial charge is 0.410 e. The lowest BCUT2D eigenvalue weighted by molar-refractivity contribution is -0.138. The van der Waals surface area contributed by atoms with Crippen molar-refractivity contribution in [3.63, 3.8) is 0 Å². The van der Waals surface area contributed by atoms with Crippen molar-refractivity contribution in [3.8, 4) is 5.75 Å². The van der Waals surface area contributed by atoms with Crippen molar-refractivity contribution >= 4 is 6.09 Å². The SMILES string of the molecule is O=C(Oc1ccccc1C(F)(F)F)N1CCN2CCC1CC2. The number of carbonyl (C=O) groups excluding carboxylic acids is 1. The first kappa shape index (κ1) is 15.1. The number of piperidine rings is 1. The van der Waals surface area contributed by atoms with Gasteiger partial charge in [-0.25, -0.2) is 4.79 Å². The van der Waals surface area contributed by atoms with Gasteiger partial charge in [-0.05, 0) is 25.0 Å². The predicted molar refractivity (Wildman–Crippen MR) is 73.6 cm³/mol. The van der Waals surface area contributed by atoms with Gasteiger partial charge in [0.15, 0.2) is 0 Å². The molecule has 0 radical (unpaired) electrons. The third-order valence-corrected chi connectivity index (χ3v) is 4.28. The molecule has 0 saturated carbocycles. The number of hydrogen-bond donors (Lipinski definition) is 0. The number of nitrogens with zero attached hydrogens (tertiary/aromatic N) is 2. The summed E-state index contributed by atoms with van der Waals surface area (Å²) in [7, 11) is 0. The molecule has 120 valence electrons. The van der Waals surface area contributed by atoms with Crippen LogP contribution in [0.25, 0.3) is 0 Å². The van der Waals surface area contributed by atoms with Crippen molar-refractivity contribution in [2.45, 2.75) is 25.1 Å². The third kappa shape index (κ3) is 3.04. The first-order valence-electron chi connectivity index (χ1n) is 7.32. The fraction of sp³-hybridized carbons (Fsp3) is 0.533. The van der Waals surface area contributed by atoms with Crippen molar-refractivity contribution in [2.24, 2.45) is 0 Å². The fourth-order valence-electron chi connectivity index (χ4n) is 3.07. The standard InChI is InChI=1S/C15H17F3N2O2/c16-15(17,18)12-3-1-2-4-13(12)22-14(21)20-10-9-19-7-5-11(20)6-8-19/h1-4,11H,5-10H2. The zero-order chi connectivity index (χ0) is 15.7. The number of hydrogen-bond acceptors (Lipinski definition) is 3. The monoisotopic (exact) mass is 314 g/mol. The van der Waals surface area contributed by atoms with E-state index in [2.05, 4.69) is 4.90 Å². The summed E-state index contributed by atoms with van der Waals surface area (Å²) in [4.78, 5) is 16.1. The van der Waals surface area contributed by atoms with Crippen molar-refractivity contribution in [2.75, 3.05) is 26.2 Å². The first-order chi connectivity index (χ1) is 10.4. The van der Waals surface area contributed by atoms with Gasteiger partial charge >= 0.3 is 12.3 Å². The van der Waals surface area contributed by atoms with Gasteiger partial charge in [0.05, 0.1) is 5.56 Å². The molecule has 0 aliphatic carbocycles. The molecule has 0 atom stereocenters. The maximum Gasteiger partial charge on any atom is 0.419 e. The van der Waals surface area contributed by atoms with Crippen LogP contribution in [0.3, 0.4) is 0 Å². The summed E-state index contributed by atoms with van der Waals surface area (Å²) in [6, 6.07) is 4.87. The van der Waals surface area contributed by atoms with E-state index in [1.807, 2.05) is 0 Å². The molecule has 0 N–H and O–H groups in total. The Morgan fingerprint density at radius 3 is 2.45 bits per heavy atom. The number of benzene rings is 1. The molecule has 1 amide bonds. The van der Waals surface area contributed by atoms with Crippen molar-refractivity contribution in [3.05, 3.63) is 29.8 Å². The van der Waals surface area contributed by atoms with Gasteiger partial charge in [-0.1, -0.05) is 12.1 Å². The molecule has 3 aliphatic rings. The fourth-order valence-corrected chi connectivity index (χ4v) is 3.07. The summed E-state index contributed by atoms with van der Waals surface area (Å²) in [5, 5.41) is 0. The maximum atomic E-state index is 12.9. The largest absolute Gasteiger partial charge is 0.419 e. The lowest BCUT2D eigenvalue weighted by Crippen LogP contribution is -2.43. The Hall–Kier alpha value is -1.76. The number of ether oxygens (including phenoxy) is 1. The number of amides is 1. The van der Waals surface area contributed by atoms with E-state index >= 15 is 0 Å². The molecule has 3 saturated heterocycles. The minimum absolute atomic E-state index is 0.0595. The van der Waals surface area contributed by atoms with Crippen LogP contribution in [0.15, 0.2) is 24.3 Å². The van der Waals surface area contributed by atoms with Gasteiger partial charge in [-0.3, -0.25) is 0 Å². The van der Waals surface area contributed by atoms with Gasteiger partial charge in [0, 0.05) is 32.2 Å². The second-order valence-electron chi connectivity index (χ2n) is 5.63. The molecule has 0 spiro atoms. The van der Waals surface area contributed by atoms with E-state index in [-0.39, 0.29) is 6.04 Å². The number of alkyl halides is 3. The minimum atomic E-state index is -4.54. The highest BCUT2D eigenvalue weighted by atomic mass is 19.4. The van der Waals surface area contributed by atoms with E-state index in [1.165, 1.54) is 18.2 Å². The van der Waals surface area contributed by atoms with Crippen LogP contribution in [0, 0.1) is 0 Å². The van der Waals surface area contributed by atoms with Crippen LogP contribution < -0.4 is 4.74 Å². The summed E-state index contributed by atoms with van der Waals surface area (Å²) in [5.41, 5.74) is -0.925. The number of carbonyl (C=O) groups is 1. The molecular formula is C15H17F3N2O2. The lowest BCUT2D eigenvalue weighted by Gasteiger charge is -2.30. The van der Waals surface area contributed by atoms with E-state index < -0.39 is 23.6 Å². The summed E-state index contributed by atoms with van der Waals surface area (Å²) >= 11 is 0. The van der Waals surface area contributed by atoms with Crippen LogP contribution >= 0.6 is 0 Å². The molecular weight excluding hydrogens is 297 g/mol. The molecule has 0 aromatic heterocycles. The highest BCUT2D eigenvalue weighted by molar-refractivity contribution is 5.71. The van der Waals surface area contributed by atoms with Crippen LogP contribution in [0.4, 0.5) is 18.0 Å². The topological polar surface area (TPSA) is 32.8 Å². The van der Waals surface area contributed by atoms with Crippen LogP contribution in [0.1, 0.15) is 18.4 Å². The Morgan fingerprint density at radius 1 is 1.09 bits per heavy atom.